The fraction of sp³-hybridized carbons (Fsp3) is 0.286. The normalized spacial score (nSPS) is 12.0. The van der Waals surface area contributed by atoms with Crippen molar-refractivity contribution in [1.82, 2.24) is 19.7 Å². The predicted molar refractivity (Wildman–Crippen MR) is 149 cm³/mol. The van der Waals surface area contributed by atoms with E-state index in [-0.39, 0.29) is 6.42 Å². The molecule has 0 saturated heterocycles. The van der Waals surface area contributed by atoms with Gasteiger partial charge in [0, 0.05) is 23.2 Å². The molecule has 37 heavy (non-hydrogen) atoms. The Bertz CT molecular complexity index is 1700. The monoisotopic (exact) mass is 534 g/mol. The lowest BCUT2D eigenvalue weighted by Gasteiger charge is -2.24. The van der Waals surface area contributed by atoms with Crippen LogP contribution in [0, 0.1) is 13.8 Å². The first-order valence-corrected chi connectivity index (χ1v) is 13.0. The summed E-state index contributed by atoms with van der Waals surface area (Å²) in [5.74, 6) is -0.307. The Balaban J connectivity index is 1.79. The average Bonchev–Trinajstić information content (AvgIpc) is 3.34. The maximum absolute atomic E-state index is 11.9. The molecular formula is C28H27ClN4O3S. The largest absolute Gasteiger partial charge is 0.487 e. The number of aryl methyl sites for hydroxylation is 3. The van der Waals surface area contributed by atoms with Gasteiger partial charge in [-0.3, -0.25) is 9.48 Å². The summed E-state index contributed by atoms with van der Waals surface area (Å²) in [6.07, 6.45) is -0.124. The number of hydrogen-bond acceptors (Lipinski definition) is 6. The first-order valence-electron chi connectivity index (χ1n) is 11.9. The van der Waals surface area contributed by atoms with Gasteiger partial charge in [0.05, 0.1) is 28.0 Å². The smallest absolute Gasteiger partial charge is 0.307 e. The summed E-state index contributed by atoms with van der Waals surface area (Å²) < 4.78 is 9.00. The van der Waals surface area contributed by atoms with Crippen molar-refractivity contribution in [2.24, 2.45) is 7.05 Å². The molecule has 0 saturated carbocycles. The van der Waals surface area contributed by atoms with Crippen LogP contribution >= 0.6 is 22.9 Å². The number of aromatic nitrogens is 4. The molecule has 0 bridgehead atoms. The zero-order chi connectivity index (χ0) is 26.6. The molecule has 5 aromatic rings. The van der Waals surface area contributed by atoms with Crippen LogP contribution in [0.15, 0.2) is 36.4 Å². The van der Waals surface area contributed by atoms with E-state index in [0.717, 1.165) is 59.9 Å². The Kier molecular flexibility index (Phi) is 6.20. The van der Waals surface area contributed by atoms with Crippen LogP contribution in [0.4, 0.5) is 0 Å². The number of pyridine rings is 1. The first kappa shape index (κ1) is 25.2. The quantitative estimate of drug-likeness (QED) is 0.261. The number of carboxylic acid groups (broad SMARTS) is 1. The number of fused-ring (bicyclic) bond motifs is 2. The molecule has 5 rings (SSSR count). The number of ether oxygens (including phenoxy) is 1. The van der Waals surface area contributed by atoms with Crippen LogP contribution in [-0.4, -0.2) is 36.4 Å². The van der Waals surface area contributed by atoms with Gasteiger partial charge < -0.3 is 9.84 Å². The third-order valence-electron chi connectivity index (χ3n) is 6.15. The number of rotatable bonds is 5. The second kappa shape index (κ2) is 9.11. The van der Waals surface area contributed by atoms with E-state index in [9.17, 15) is 9.90 Å². The molecule has 0 aliphatic carbocycles. The van der Waals surface area contributed by atoms with Crippen molar-refractivity contribution in [2.45, 2.75) is 46.6 Å². The van der Waals surface area contributed by atoms with E-state index in [1.807, 2.05) is 70.6 Å². The van der Waals surface area contributed by atoms with Crippen molar-refractivity contribution in [3.63, 3.8) is 0 Å². The van der Waals surface area contributed by atoms with Crippen molar-refractivity contribution in [3.8, 4) is 27.6 Å². The van der Waals surface area contributed by atoms with Gasteiger partial charge in [0.25, 0.3) is 0 Å². The molecule has 0 aliphatic heterocycles. The van der Waals surface area contributed by atoms with Crippen LogP contribution in [0.1, 0.15) is 37.6 Å². The summed E-state index contributed by atoms with van der Waals surface area (Å²) >= 11 is 7.85. The molecule has 0 spiro atoms. The summed E-state index contributed by atoms with van der Waals surface area (Å²) in [5.41, 5.74) is 6.85. The highest BCUT2D eigenvalue weighted by Gasteiger charge is 2.24. The van der Waals surface area contributed by atoms with Crippen LogP contribution in [0.2, 0.25) is 5.02 Å². The number of thiazole rings is 1. The average molecular weight is 535 g/mol. The number of benzene rings is 2. The van der Waals surface area contributed by atoms with E-state index >= 15 is 0 Å². The van der Waals surface area contributed by atoms with Gasteiger partial charge in [-0.2, -0.15) is 5.10 Å². The molecule has 0 unspecified atom stereocenters. The predicted octanol–water partition coefficient (Wildman–Crippen LogP) is 6.99. The van der Waals surface area contributed by atoms with E-state index in [1.54, 1.807) is 12.1 Å². The molecule has 0 fully saturated rings. The molecule has 0 amide bonds. The van der Waals surface area contributed by atoms with Gasteiger partial charge in [-0.1, -0.05) is 11.6 Å². The lowest BCUT2D eigenvalue weighted by atomic mass is 9.92. The van der Waals surface area contributed by atoms with E-state index in [1.165, 1.54) is 11.3 Å². The number of hydrogen-bond donors (Lipinski definition) is 1. The number of carboxylic acids is 1. The summed E-state index contributed by atoms with van der Waals surface area (Å²) in [7, 11) is 1.90. The van der Waals surface area contributed by atoms with Crippen LogP contribution < -0.4 is 4.74 Å². The standard InChI is InChI=1S/C28H27ClN4O3S/c1-14-11-21-26(37-27(31-21)20-10-9-19-25(30-20)15(2)33(6)32-19)24(18(14)13-23(34)35)17-8-7-16(29)12-22(17)36-28(3,4)5/h7-12H,13H2,1-6H3,(H,34,35). The zero-order valence-corrected chi connectivity index (χ0v) is 23.1. The molecule has 3 heterocycles. The second-order valence-corrected chi connectivity index (χ2v) is 11.5. The molecule has 190 valence electrons. The van der Waals surface area contributed by atoms with Gasteiger partial charge >= 0.3 is 5.97 Å². The molecule has 3 aromatic heterocycles. The van der Waals surface area contributed by atoms with Gasteiger partial charge in [-0.15, -0.1) is 11.3 Å². The Morgan fingerprint density at radius 3 is 2.57 bits per heavy atom. The minimum Gasteiger partial charge on any atom is -0.487 e. The maximum atomic E-state index is 11.9. The van der Waals surface area contributed by atoms with E-state index < -0.39 is 11.6 Å². The maximum Gasteiger partial charge on any atom is 0.307 e. The van der Waals surface area contributed by atoms with Crippen LogP contribution in [-0.2, 0) is 18.3 Å². The Hall–Kier alpha value is -3.49. The van der Waals surface area contributed by atoms with E-state index in [0.29, 0.717) is 10.8 Å². The van der Waals surface area contributed by atoms with Crippen molar-refractivity contribution in [1.29, 1.82) is 0 Å². The van der Waals surface area contributed by atoms with Crippen LogP contribution in [0.3, 0.4) is 0 Å². The minimum absolute atomic E-state index is 0.124. The van der Waals surface area contributed by atoms with E-state index in [2.05, 4.69) is 5.10 Å². The molecule has 9 heteroatoms. The van der Waals surface area contributed by atoms with Gasteiger partial charge in [0.2, 0.25) is 0 Å². The van der Waals surface area contributed by atoms with Crippen LogP contribution in [0.25, 0.3) is 43.1 Å². The van der Waals surface area contributed by atoms with Crippen LogP contribution in [0.5, 0.6) is 5.75 Å². The molecule has 0 aliphatic rings. The molecular weight excluding hydrogens is 508 g/mol. The highest BCUT2D eigenvalue weighted by atomic mass is 35.5. The summed E-state index contributed by atoms with van der Waals surface area (Å²) in [6.45, 7) is 9.81. The highest BCUT2D eigenvalue weighted by Crippen LogP contribution is 2.45. The Labute approximate surface area is 223 Å². The first-order chi connectivity index (χ1) is 17.4. The van der Waals surface area contributed by atoms with Gasteiger partial charge in [0.15, 0.2) is 0 Å². The van der Waals surface area contributed by atoms with Crippen molar-refractivity contribution >= 4 is 50.2 Å². The summed E-state index contributed by atoms with van der Waals surface area (Å²) in [4.78, 5) is 21.7. The number of aliphatic carboxylic acids is 1. The highest BCUT2D eigenvalue weighted by molar-refractivity contribution is 7.22. The lowest BCUT2D eigenvalue weighted by molar-refractivity contribution is -0.136. The van der Waals surface area contributed by atoms with E-state index in [4.69, 9.17) is 26.3 Å². The molecule has 2 aromatic carbocycles. The van der Waals surface area contributed by atoms with Gasteiger partial charge in [-0.05, 0) is 82.1 Å². The summed E-state index contributed by atoms with van der Waals surface area (Å²) in [5, 5.41) is 15.6. The third-order valence-corrected chi connectivity index (χ3v) is 7.49. The zero-order valence-electron chi connectivity index (χ0n) is 21.5. The number of carbonyl (C=O) groups is 1. The Morgan fingerprint density at radius 2 is 1.86 bits per heavy atom. The second-order valence-electron chi connectivity index (χ2n) is 10.1. The molecule has 7 nitrogen and oxygen atoms in total. The summed E-state index contributed by atoms with van der Waals surface area (Å²) in [6, 6.07) is 11.3. The van der Waals surface area contributed by atoms with Gasteiger partial charge in [-0.25, -0.2) is 9.97 Å². The van der Waals surface area contributed by atoms with Gasteiger partial charge in [0.1, 0.15) is 27.4 Å². The molecule has 0 atom stereocenters. The topological polar surface area (TPSA) is 90.1 Å². The minimum atomic E-state index is -0.903. The van der Waals surface area contributed by atoms with Crippen molar-refractivity contribution in [2.75, 3.05) is 0 Å². The fourth-order valence-electron chi connectivity index (χ4n) is 4.43. The van der Waals surface area contributed by atoms with Crippen molar-refractivity contribution in [3.05, 3.63) is 58.2 Å². The number of halogens is 1. The fourth-order valence-corrected chi connectivity index (χ4v) is 5.70. The number of nitrogens with zero attached hydrogens (tertiary/aromatic N) is 4. The van der Waals surface area contributed by atoms with Crippen molar-refractivity contribution < 1.29 is 14.6 Å². The molecule has 1 N–H and O–H groups in total. The molecule has 0 radical (unpaired) electrons. The SMILES string of the molecule is Cc1cc2nc(-c3ccc4nn(C)c(C)c4n3)sc2c(-c2ccc(Cl)cc2OC(C)(C)C)c1CC(=O)O. The third kappa shape index (κ3) is 4.79. The Morgan fingerprint density at radius 1 is 1.11 bits per heavy atom. The lowest BCUT2D eigenvalue weighted by Crippen LogP contribution is -2.23.